The molecule has 0 radical (unpaired) electrons. The molecule has 1 aliphatic heterocycles. The van der Waals surface area contributed by atoms with Crippen LogP contribution in [0.3, 0.4) is 0 Å². The van der Waals surface area contributed by atoms with Crippen LogP contribution >= 0.6 is 11.7 Å². The van der Waals surface area contributed by atoms with Gasteiger partial charge < -0.3 is 5.32 Å². The number of urea groups is 1. The van der Waals surface area contributed by atoms with Crippen molar-refractivity contribution in [2.24, 2.45) is 0 Å². The number of aromatic nitrogens is 2. The molecule has 90 valence electrons. The molecule has 1 aromatic heterocycles. The molecule has 2 atom stereocenters. The predicted molar refractivity (Wildman–Crippen MR) is 63.0 cm³/mol. The summed E-state index contributed by atoms with van der Waals surface area (Å²) in [6.45, 7) is 0. The topological polar surface area (TPSA) is 84.0 Å². The second-order valence-corrected chi connectivity index (χ2v) is 5.11. The lowest BCUT2D eigenvalue weighted by molar-refractivity contribution is -0.122. The minimum atomic E-state index is -1.03. The Labute approximate surface area is 106 Å². The molecule has 18 heavy (non-hydrogen) atoms. The van der Waals surface area contributed by atoms with E-state index < -0.39 is 11.6 Å². The normalized spacial score (nSPS) is 32.0. The number of imide groups is 1. The van der Waals surface area contributed by atoms with E-state index in [-0.39, 0.29) is 11.8 Å². The van der Waals surface area contributed by atoms with Crippen LogP contribution in [-0.2, 0) is 11.2 Å². The van der Waals surface area contributed by atoms with Gasteiger partial charge in [0.2, 0.25) is 0 Å². The fourth-order valence-electron chi connectivity index (χ4n) is 2.91. The molecule has 1 saturated heterocycles. The van der Waals surface area contributed by atoms with Crippen molar-refractivity contribution >= 4 is 23.7 Å². The molecular formula is C11H8N4O2S. The van der Waals surface area contributed by atoms with Gasteiger partial charge in [-0.25, -0.2) is 4.79 Å². The number of nitrogens with one attached hydrogen (secondary N) is 2. The van der Waals surface area contributed by atoms with E-state index in [1.54, 1.807) is 6.08 Å². The lowest BCUT2D eigenvalue weighted by Crippen LogP contribution is -2.51. The Bertz CT molecular complexity index is 647. The summed E-state index contributed by atoms with van der Waals surface area (Å²) >= 11 is 1.15. The highest BCUT2D eigenvalue weighted by Crippen LogP contribution is 2.46. The molecule has 1 fully saturated rings. The van der Waals surface area contributed by atoms with Crippen molar-refractivity contribution in [3.63, 3.8) is 0 Å². The number of hydrogen-bond donors (Lipinski definition) is 2. The molecule has 6 nitrogen and oxygen atoms in total. The summed E-state index contributed by atoms with van der Waals surface area (Å²) in [6, 6.07) is -0.456. The van der Waals surface area contributed by atoms with Crippen molar-refractivity contribution in [1.82, 2.24) is 19.4 Å². The van der Waals surface area contributed by atoms with E-state index >= 15 is 0 Å². The van der Waals surface area contributed by atoms with Gasteiger partial charge in [-0.05, 0) is 6.08 Å². The van der Waals surface area contributed by atoms with Crippen molar-refractivity contribution in [3.05, 3.63) is 35.2 Å². The Morgan fingerprint density at radius 3 is 3.06 bits per heavy atom. The van der Waals surface area contributed by atoms with Crippen LogP contribution in [-0.4, -0.2) is 26.2 Å². The van der Waals surface area contributed by atoms with Gasteiger partial charge in [0, 0.05) is 6.42 Å². The van der Waals surface area contributed by atoms with Crippen LogP contribution in [0.15, 0.2) is 23.8 Å². The molecule has 0 aromatic carbocycles. The van der Waals surface area contributed by atoms with E-state index in [4.69, 9.17) is 0 Å². The number of allylic oxidation sites excluding steroid dienone is 2. The molecule has 4 rings (SSSR count). The Kier molecular flexibility index (Phi) is 1.69. The zero-order valence-corrected chi connectivity index (χ0v) is 9.95. The minimum absolute atomic E-state index is 0.220. The second-order valence-electron chi connectivity index (χ2n) is 4.58. The fraction of sp³-hybridized carbons (Fsp3) is 0.273. The van der Waals surface area contributed by atoms with Crippen LogP contribution in [0.1, 0.15) is 17.3 Å². The van der Waals surface area contributed by atoms with Crippen molar-refractivity contribution in [1.29, 1.82) is 0 Å². The van der Waals surface area contributed by atoms with Crippen LogP contribution < -0.4 is 10.6 Å². The molecule has 0 bridgehead atoms. The highest BCUT2D eigenvalue weighted by Gasteiger charge is 2.56. The van der Waals surface area contributed by atoms with Gasteiger partial charge >= 0.3 is 6.03 Å². The molecule has 2 N–H and O–H groups in total. The third kappa shape index (κ3) is 1.02. The van der Waals surface area contributed by atoms with Crippen molar-refractivity contribution in [2.45, 2.75) is 17.9 Å². The second kappa shape index (κ2) is 3.05. The third-order valence-electron chi connectivity index (χ3n) is 3.65. The molecular weight excluding hydrogens is 252 g/mol. The maximum atomic E-state index is 12.1. The average molecular weight is 260 g/mol. The van der Waals surface area contributed by atoms with Crippen LogP contribution in [0.2, 0.25) is 0 Å². The molecule has 7 heteroatoms. The molecule has 0 saturated carbocycles. The highest BCUT2D eigenvalue weighted by molar-refractivity contribution is 6.99. The zero-order valence-electron chi connectivity index (χ0n) is 9.14. The molecule has 1 spiro atoms. The van der Waals surface area contributed by atoms with Gasteiger partial charge in [0.15, 0.2) is 5.54 Å². The average Bonchev–Trinajstić information content (AvgIpc) is 2.93. The quantitative estimate of drug-likeness (QED) is 0.655. The monoisotopic (exact) mass is 260 g/mol. The van der Waals surface area contributed by atoms with E-state index in [2.05, 4.69) is 19.4 Å². The Morgan fingerprint density at radius 1 is 1.39 bits per heavy atom. The first-order chi connectivity index (χ1) is 8.71. The fourth-order valence-corrected chi connectivity index (χ4v) is 3.51. The number of carbonyl (C=O) groups excluding carboxylic acids is 2. The van der Waals surface area contributed by atoms with Crippen LogP contribution in [0, 0.1) is 0 Å². The van der Waals surface area contributed by atoms with Gasteiger partial charge in [-0.2, -0.15) is 8.75 Å². The van der Waals surface area contributed by atoms with E-state index in [0.29, 0.717) is 6.42 Å². The SMILES string of the molecule is O=C1NC(=O)C2(C=CC=C3Cc4nsnc4C32)N1. The zero-order chi connectivity index (χ0) is 12.3. The number of nitrogens with zero attached hydrogens (tertiary/aromatic N) is 2. The van der Waals surface area contributed by atoms with Crippen molar-refractivity contribution in [3.8, 4) is 0 Å². The van der Waals surface area contributed by atoms with E-state index in [9.17, 15) is 9.59 Å². The molecule has 3 aliphatic rings. The first-order valence-corrected chi connectivity index (χ1v) is 6.27. The summed E-state index contributed by atoms with van der Waals surface area (Å²) in [4.78, 5) is 23.6. The minimum Gasteiger partial charge on any atom is -0.319 e. The summed E-state index contributed by atoms with van der Waals surface area (Å²) in [5, 5.41) is 5.03. The molecule has 2 unspecified atom stereocenters. The molecule has 3 amide bonds. The van der Waals surface area contributed by atoms with Crippen molar-refractivity contribution in [2.75, 3.05) is 0 Å². The number of amides is 3. The standard InChI is InChI=1S/C11H8N4O2S/c16-9-11(13-10(17)12-9)3-1-2-5-4-6-8(7(5)11)15-18-14-6/h1-3,7H,4H2,(H2,12,13,16,17). The van der Waals surface area contributed by atoms with Gasteiger partial charge in [-0.1, -0.05) is 17.7 Å². The third-order valence-corrected chi connectivity index (χ3v) is 4.23. The summed E-state index contributed by atoms with van der Waals surface area (Å²) < 4.78 is 8.52. The smallest absolute Gasteiger partial charge is 0.319 e. The first-order valence-electron chi connectivity index (χ1n) is 5.54. The van der Waals surface area contributed by atoms with Crippen LogP contribution in [0.4, 0.5) is 4.79 Å². The Morgan fingerprint density at radius 2 is 2.28 bits per heavy atom. The van der Waals surface area contributed by atoms with Gasteiger partial charge in [-0.15, -0.1) is 0 Å². The largest absolute Gasteiger partial charge is 0.322 e. The number of carbonyl (C=O) groups is 2. The number of hydrogen-bond acceptors (Lipinski definition) is 5. The lowest BCUT2D eigenvalue weighted by atomic mass is 9.76. The van der Waals surface area contributed by atoms with E-state index in [1.165, 1.54) is 0 Å². The Balaban J connectivity index is 1.92. The lowest BCUT2D eigenvalue weighted by Gasteiger charge is -2.31. The number of fused-ring (bicyclic) bond motifs is 4. The van der Waals surface area contributed by atoms with Gasteiger partial charge in [-0.3, -0.25) is 10.1 Å². The van der Waals surface area contributed by atoms with Crippen LogP contribution in [0.25, 0.3) is 0 Å². The highest BCUT2D eigenvalue weighted by atomic mass is 32.1. The van der Waals surface area contributed by atoms with Crippen LogP contribution in [0.5, 0.6) is 0 Å². The Hall–Kier alpha value is -2.02. The summed E-state index contributed by atoms with van der Waals surface area (Å²) in [5.41, 5.74) is 1.77. The maximum absolute atomic E-state index is 12.1. The first kappa shape index (κ1) is 9.95. The molecule has 2 heterocycles. The maximum Gasteiger partial charge on any atom is 0.322 e. The van der Waals surface area contributed by atoms with E-state index in [0.717, 1.165) is 28.7 Å². The predicted octanol–water partition coefficient (Wildman–Crippen LogP) is 0.252. The van der Waals surface area contributed by atoms with Gasteiger partial charge in [0.25, 0.3) is 5.91 Å². The van der Waals surface area contributed by atoms with E-state index in [1.807, 2.05) is 12.2 Å². The molecule has 1 aromatic rings. The molecule has 2 aliphatic carbocycles. The summed E-state index contributed by atoms with van der Waals surface area (Å²) in [6.07, 6.45) is 6.22. The van der Waals surface area contributed by atoms with Gasteiger partial charge in [0.1, 0.15) is 0 Å². The summed E-state index contributed by atoms with van der Waals surface area (Å²) in [7, 11) is 0. The van der Waals surface area contributed by atoms with Gasteiger partial charge in [0.05, 0.1) is 29.0 Å². The van der Waals surface area contributed by atoms with Crippen molar-refractivity contribution < 1.29 is 9.59 Å². The summed E-state index contributed by atoms with van der Waals surface area (Å²) in [5.74, 6) is -0.539. The number of rotatable bonds is 0.